The predicted octanol–water partition coefficient (Wildman–Crippen LogP) is 7.95. The van der Waals surface area contributed by atoms with Gasteiger partial charge in [-0.3, -0.25) is 0 Å². The van der Waals surface area contributed by atoms with Crippen molar-refractivity contribution >= 4 is 27.5 Å². The number of anilines is 1. The second-order valence-electron chi connectivity index (χ2n) is 9.64. The monoisotopic (exact) mass is 536 g/mol. The molecule has 0 aliphatic carbocycles. The van der Waals surface area contributed by atoms with Gasteiger partial charge in [-0.15, -0.1) is 11.3 Å². The van der Waals surface area contributed by atoms with Crippen LogP contribution in [0.25, 0.3) is 33.1 Å². The van der Waals surface area contributed by atoms with Gasteiger partial charge in [-0.05, 0) is 30.9 Å². The fraction of sp³-hybridized carbons (Fsp3) is 0.286. The van der Waals surface area contributed by atoms with Crippen LogP contribution in [0, 0.1) is 0 Å². The Morgan fingerprint density at radius 2 is 1.68 bits per heavy atom. The first-order valence-corrected chi connectivity index (χ1v) is 13.2. The number of imidazole rings is 1. The van der Waals surface area contributed by atoms with Crippen LogP contribution in [-0.4, -0.2) is 24.5 Å². The summed E-state index contributed by atoms with van der Waals surface area (Å²) in [5.41, 5.74) is 5.29. The molecule has 0 aliphatic rings. The van der Waals surface area contributed by atoms with Crippen molar-refractivity contribution in [2.24, 2.45) is 0 Å². The molecule has 0 aliphatic heterocycles. The molecule has 0 spiro atoms. The molecule has 0 radical (unpaired) electrons. The Morgan fingerprint density at radius 1 is 0.947 bits per heavy atom. The molecule has 5 aromatic rings. The van der Waals surface area contributed by atoms with Crippen molar-refractivity contribution in [3.8, 4) is 22.8 Å². The van der Waals surface area contributed by atoms with Gasteiger partial charge in [-0.25, -0.2) is 19.9 Å². The summed E-state index contributed by atoms with van der Waals surface area (Å²) in [6, 6.07) is 15.3. The quantitative estimate of drug-likeness (QED) is 0.229. The maximum absolute atomic E-state index is 13.3. The third-order valence-corrected chi connectivity index (χ3v) is 6.99. The van der Waals surface area contributed by atoms with Crippen LogP contribution in [0.5, 0.6) is 0 Å². The van der Waals surface area contributed by atoms with Gasteiger partial charge in [0.05, 0.1) is 5.51 Å². The summed E-state index contributed by atoms with van der Waals surface area (Å²) in [6.07, 6.45) is -3.43. The number of benzene rings is 2. The summed E-state index contributed by atoms with van der Waals surface area (Å²) < 4.78 is 41.4. The summed E-state index contributed by atoms with van der Waals surface area (Å²) >= 11 is 1.46. The van der Waals surface area contributed by atoms with E-state index in [1.165, 1.54) is 16.9 Å². The van der Waals surface area contributed by atoms with E-state index in [0.717, 1.165) is 22.2 Å². The summed E-state index contributed by atoms with van der Waals surface area (Å²) in [4.78, 5) is 18.7. The van der Waals surface area contributed by atoms with Gasteiger partial charge < -0.3 is 9.88 Å². The molecule has 196 valence electrons. The highest BCUT2D eigenvalue weighted by Gasteiger charge is 2.35. The Bertz CT molecular complexity index is 1570. The number of aromatic nitrogens is 5. The van der Waals surface area contributed by atoms with Crippen LogP contribution in [0.1, 0.15) is 56.5 Å². The topological polar surface area (TPSA) is 68.5 Å². The molecule has 3 heterocycles. The summed E-state index contributed by atoms with van der Waals surface area (Å²) in [7, 11) is 0. The zero-order chi connectivity index (χ0) is 27.0. The van der Waals surface area contributed by atoms with Crippen LogP contribution >= 0.6 is 11.3 Å². The highest BCUT2D eigenvalue weighted by Crippen LogP contribution is 2.33. The number of alkyl halides is 3. The Kier molecular flexibility index (Phi) is 6.92. The van der Waals surface area contributed by atoms with Gasteiger partial charge in [-0.1, -0.05) is 62.4 Å². The Balaban J connectivity index is 1.41. The normalized spacial score (nSPS) is 12.1. The number of rotatable bonds is 7. The Hall–Kier alpha value is -3.79. The van der Waals surface area contributed by atoms with Crippen LogP contribution < -0.4 is 5.32 Å². The van der Waals surface area contributed by atoms with Gasteiger partial charge in [0.15, 0.2) is 17.3 Å². The zero-order valence-electron chi connectivity index (χ0n) is 21.4. The number of halogens is 3. The summed E-state index contributed by atoms with van der Waals surface area (Å²) in [5, 5.41) is 3.39. The number of hydrogen-bond donors (Lipinski definition) is 1. The van der Waals surface area contributed by atoms with Crippen molar-refractivity contribution in [3.63, 3.8) is 0 Å². The van der Waals surface area contributed by atoms with Gasteiger partial charge in [0, 0.05) is 29.9 Å². The van der Waals surface area contributed by atoms with E-state index in [1.54, 1.807) is 22.2 Å². The second kappa shape index (κ2) is 10.2. The van der Waals surface area contributed by atoms with Gasteiger partial charge in [0.25, 0.3) is 0 Å². The molecule has 0 saturated heterocycles. The highest BCUT2D eigenvalue weighted by atomic mass is 32.1. The van der Waals surface area contributed by atoms with Crippen LogP contribution in [0.4, 0.5) is 19.0 Å². The SMILES string of the molecule is CC(C)c1ccccc1-c1nc(NCc2ccc(-c3nc(C(F)(F)F)cn3C(C)C)cc2)c2ncsc2n1. The fourth-order valence-electron chi connectivity index (χ4n) is 4.30. The molecule has 1 N–H and O–H groups in total. The van der Waals surface area contributed by atoms with Gasteiger partial charge in [0.1, 0.15) is 16.2 Å². The molecule has 2 aromatic carbocycles. The van der Waals surface area contributed by atoms with E-state index in [-0.39, 0.29) is 6.04 Å². The molecule has 3 aromatic heterocycles. The standard InChI is InChI=1S/C28H27F3N6S/c1-16(2)20-7-5-6-8-21(20)24-35-25(23-27(36-24)38-15-33-23)32-13-18-9-11-19(12-10-18)26-34-22(28(29,30)31)14-37(26)17(3)4/h5-12,14-17H,13H2,1-4H3,(H,32,35,36). The van der Waals surface area contributed by atoms with E-state index < -0.39 is 11.9 Å². The van der Waals surface area contributed by atoms with Crippen LogP contribution in [0.3, 0.4) is 0 Å². The number of hydrogen-bond acceptors (Lipinski definition) is 6. The average Bonchev–Trinajstić information content (AvgIpc) is 3.55. The predicted molar refractivity (Wildman–Crippen MR) is 145 cm³/mol. The van der Waals surface area contributed by atoms with Crippen molar-refractivity contribution in [1.82, 2.24) is 24.5 Å². The van der Waals surface area contributed by atoms with Gasteiger partial charge in [-0.2, -0.15) is 13.2 Å². The zero-order valence-corrected chi connectivity index (χ0v) is 22.2. The van der Waals surface area contributed by atoms with Crippen LogP contribution in [0.2, 0.25) is 0 Å². The summed E-state index contributed by atoms with van der Waals surface area (Å²) in [6.45, 7) is 8.41. The Labute approximate surface area is 222 Å². The third-order valence-electron chi connectivity index (χ3n) is 6.27. The minimum absolute atomic E-state index is 0.164. The van der Waals surface area contributed by atoms with E-state index in [2.05, 4.69) is 35.2 Å². The number of thiazole rings is 1. The molecule has 0 amide bonds. The first-order chi connectivity index (χ1) is 18.1. The first-order valence-electron chi connectivity index (χ1n) is 12.3. The molecule has 0 atom stereocenters. The van der Waals surface area contributed by atoms with E-state index in [9.17, 15) is 13.2 Å². The van der Waals surface area contributed by atoms with Crippen molar-refractivity contribution in [2.75, 3.05) is 5.32 Å². The molecular weight excluding hydrogens is 509 g/mol. The second-order valence-corrected chi connectivity index (χ2v) is 10.5. The number of nitrogens with zero attached hydrogens (tertiary/aromatic N) is 5. The van der Waals surface area contributed by atoms with E-state index in [4.69, 9.17) is 9.97 Å². The van der Waals surface area contributed by atoms with Crippen molar-refractivity contribution in [3.05, 3.63) is 77.1 Å². The van der Waals surface area contributed by atoms with E-state index in [1.807, 2.05) is 44.2 Å². The summed E-state index contributed by atoms with van der Waals surface area (Å²) in [5.74, 6) is 1.89. The van der Waals surface area contributed by atoms with Crippen LogP contribution in [0.15, 0.2) is 60.2 Å². The number of fused-ring (bicyclic) bond motifs is 1. The van der Waals surface area contributed by atoms with Crippen molar-refractivity contribution in [1.29, 1.82) is 0 Å². The molecule has 0 saturated carbocycles. The Morgan fingerprint density at radius 3 is 2.37 bits per heavy atom. The highest BCUT2D eigenvalue weighted by molar-refractivity contribution is 7.16. The lowest BCUT2D eigenvalue weighted by molar-refractivity contribution is -0.140. The van der Waals surface area contributed by atoms with Gasteiger partial charge >= 0.3 is 6.18 Å². The lowest BCUT2D eigenvalue weighted by Crippen LogP contribution is -2.05. The van der Waals surface area contributed by atoms with E-state index >= 15 is 0 Å². The molecule has 38 heavy (non-hydrogen) atoms. The fourth-order valence-corrected chi connectivity index (χ4v) is 4.96. The lowest BCUT2D eigenvalue weighted by atomic mass is 9.97. The largest absolute Gasteiger partial charge is 0.434 e. The molecule has 10 heteroatoms. The first kappa shape index (κ1) is 25.8. The lowest BCUT2D eigenvalue weighted by Gasteiger charge is -2.14. The van der Waals surface area contributed by atoms with E-state index in [0.29, 0.717) is 41.0 Å². The van der Waals surface area contributed by atoms with Crippen molar-refractivity contribution in [2.45, 2.75) is 52.4 Å². The average molecular weight is 537 g/mol. The maximum Gasteiger partial charge on any atom is 0.434 e. The molecular formula is C28H27F3N6S. The van der Waals surface area contributed by atoms with Crippen LogP contribution in [-0.2, 0) is 12.7 Å². The number of nitrogens with one attached hydrogen (secondary N) is 1. The van der Waals surface area contributed by atoms with Crippen molar-refractivity contribution < 1.29 is 13.2 Å². The minimum atomic E-state index is -4.49. The molecule has 0 unspecified atom stereocenters. The molecule has 0 bridgehead atoms. The molecule has 5 rings (SSSR count). The molecule has 0 fully saturated rings. The molecule has 6 nitrogen and oxygen atoms in total. The smallest absolute Gasteiger partial charge is 0.364 e. The minimum Gasteiger partial charge on any atom is -0.364 e. The maximum atomic E-state index is 13.3. The van der Waals surface area contributed by atoms with Gasteiger partial charge in [0.2, 0.25) is 0 Å². The third kappa shape index (κ3) is 5.13.